The van der Waals surface area contributed by atoms with Gasteiger partial charge in [0.2, 0.25) is 0 Å². The number of pyridine rings is 1. The first-order valence-corrected chi connectivity index (χ1v) is 21.7. The van der Waals surface area contributed by atoms with Crippen LogP contribution < -0.4 is 0 Å². The Labute approximate surface area is 348 Å². The van der Waals surface area contributed by atoms with Gasteiger partial charge in [-0.1, -0.05) is 148 Å². The Morgan fingerprint density at radius 1 is 0.350 bits per heavy atom. The smallest absolute Gasteiger partial charge is 0.140 e. The zero-order chi connectivity index (χ0) is 39.7. The van der Waals surface area contributed by atoms with E-state index >= 15 is 0 Å². The second-order valence-electron chi connectivity index (χ2n) is 16.4. The molecule has 60 heavy (non-hydrogen) atoms. The van der Waals surface area contributed by atoms with E-state index in [2.05, 4.69) is 195 Å². The van der Waals surface area contributed by atoms with Crippen LogP contribution in [0.3, 0.4) is 0 Å². The molecule has 0 saturated heterocycles. The molecule has 0 aliphatic heterocycles. The van der Waals surface area contributed by atoms with E-state index in [0.29, 0.717) is 0 Å². The van der Waals surface area contributed by atoms with Gasteiger partial charge in [-0.15, -0.1) is 0 Å². The first-order chi connectivity index (χ1) is 29.8. The van der Waals surface area contributed by atoms with Crippen LogP contribution in [0.15, 0.2) is 170 Å². The van der Waals surface area contributed by atoms with Crippen molar-refractivity contribution >= 4 is 87.2 Å². The number of aryl methyl sites for hydroxylation is 1. The van der Waals surface area contributed by atoms with E-state index in [-0.39, 0.29) is 0 Å². The Balaban J connectivity index is 1.10. The van der Waals surface area contributed by atoms with Crippen LogP contribution in [0.2, 0.25) is 0 Å². The quantitative estimate of drug-likeness (QED) is 0.127. The van der Waals surface area contributed by atoms with Crippen LogP contribution in [0.25, 0.3) is 105 Å². The minimum Gasteiger partial charge on any atom is -0.340 e. The lowest BCUT2D eigenvalue weighted by Gasteiger charge is -2.14. The predicted octanol–water partition coefficient (Wildman–Crippen LogP) is 14.8. The maximum atomic E-state index is 5.65. The van der Waals surface area contributed by atoms with Gasteiger partial charge in [0.05, 0.1) is 33.1 Å². The number of rotatable bonds is 10. The topological polar surface area (TPSA) is 32.6 Å². The minimum absolute atomic E-state index is 0.888. The Kier molecular flexibility index (Phi) is 8.15. The van der Waals surface area contributed by atoms with Crippen LogP contribution in [0.5, 0.6) is 0 Å². The highest BCUT2D eigenvalue weighted by Crippen LogP contribution is 2.42. The largest absolute Gasteiger partial charge is 0.340 e. The molecule has 0 N–H and O–H groups in total. The van der Waals surface area contributed by atoms with E-state index in [1.54, 1.807) is 0 Å². The van der Waals surface area contributed by atoms with Crippen molar-refractivity contribution in [1.82, 2.24) is 23.3 Å². The molecule has 0 bridgehead atoms. The molecule has 12 rings (SSSR count). The molecule has 0 unspecified atom stereocenters. The van der Waals surface area contributed by atoms with Crippen molar-refractivity contribution in [2.75, 3.05) is 0 Å². The maximum Gasteiger partial charge on any atom is 0.140 e. The van der Waals surface area contributed by atoms with Crippen LogP contribution in [-0.4, -0.2) is 23.3 Å². The third-order valence-electron chi connectivity index (χ3n) is 13.0. The minimum atomic E-state index is 0.888. The Bertz CT molecular complexity index is 3590. The highest BCUT2D eigenvalue weighted by Gasteiger charge is 2.23. The summed E-state index contributed by atoms with van der Waals surface area (Å²) in [5, 5.41) is 9.98. The standard InChI is InChI=1S/C55H45N5/c1-2-3-4-5-6-18-34-57-46-26-14-10-24-40(46)44-36-51-45(35-50(44)57)41-25-13-16-28-48(41)59(51)52-30-19-31-53(56-52)60-49-29-17-12-23-39(49)43-33-32-42-38-22-11-15-27-47(38)58(54(42)55(43)60)37-20-8-7-9-21-37/h7-17,19-33,35-36H,2-6,18,34H2,1H3. The highest BCUT2D eigenvalue weighted by atomic mass is 15.1. The zero-order valence-electron chi connectivity index (χ0n) is 33.9. The number of unbranched alkanes of at least 4 members (excludes halogenated alkanes) is 5. The van der Waals surface area contributed by atoms with Crippen molar-refractivity contribution in [3.63, 3.8) is 0 Å². The summed E-state index contributed by atoms with van der Waals surface area (Å²) in [6.07, 6.45) is 7.71. The number of nitrogens with zero attached hydrogens (tertiary/aromatic N) is 5. The third kappa shape index (κ3) is 5.21. The fourth-order valence-corrected chi connectivity index (χ4v) is 10.3. The second-order valence-corrected chi connectivity index (χ2v) is 16.4. The molecular weight excluding hydrogens is 731 g/mol. The molecule has 5 nitrogen and oxygen atoms in total. The number of benzene rings is 7. The summed E-state index contributed by atoms with van der Waals surface area (Å²) >= 11 is 0. The van der Waals surface area contributed by atoms with E-state index in [9.17, 15) is 0 Å². The first-order valence-electron chi connectivity index (χ1n) is 21.7. The molecule has 5 aromatic heterocycles. The normalized spacial score (nSPS) is 12.2. The Morgan fingerprint density at radius 2 is 0.833 bits per heavy atom. The molecule has 0 atom stereocenters. The van der Waals surface area contributed by atoms with Gasteiger partial charge >= 0.3 is 0 Å². The molecule has 0 aliphatic carbocycles. The lowest BCUT2D eigenvalue weighted by molar-refractivity contribution is 0.571. The van der Waals surface area contributed by atoms with Gasteiger partial charge in [-0.25, -0.2) is 4.98 Å². The molecule has 0 saturated carbocycles. The molecular formula is C55H45N5. The number of hydrogen-bond acceptors (Lipinski definition) is 1. The third-order valence-corrected chi connectivity index (χ3v) is 13.0. The molecule has 0 radical (unpaired) electrons. The number of para-hydroxylation sites is 5. The monoisotopic (exact) mass is 775 g/mol. The van der Waals surface area contributed by atoms with Crippen LogP contribution in [-0.2, 0) is 6.54 Å². The molecule has 12 aromatic rings. The molecule has 0 fully saturated rings. The summed E-state index contributed by atoms with van der Waals surface area (Å²) in [6.45, 7) is 3.32. The molecule has 290 valence electrons. The van der Waals surface area contributed by atoms with Crippen molar-refractivity contribution in [1.29, 1.82) is 0 Å². The van der Waals surface area contributed by atoms with Crippen molar-refractivity contribution in [2.24, 2.45) is 0 Å². The zero-order valence-corrected chi connectivity index (χ0v) is 33.9. The number of aromatic nitrogens is 5. The summed E-state index contributed by atoms with van der Waals surface area (Å²) < 4.78 is 9.80. The van der Waals surface area contributed by atoms with Gasteiger partial charge in [0.25, 0.3) is 0 Å². The fraction of sp³-hybridized carbons (Fsp3) is 0.145. The Morgan fingerprint density at radius 3 is 1.52 bits per heavy atom. The first kappa shape index (κ1) is 34.9. The molecule has 5 heteroatoms. The summed E-state index contributed by atoms with van der Waals surface area (Å²) in [6, 6.07) is 62.2. The molecule has 0 spiro atoms. The fourth-order valence-electron chi connectivity index (χ4n) is 10.3. The van der Waals surface area contributed by atoms with E-state index in [0.717, 1.165) is 40.4 Å². The van der Waals surface area contributed by atoms with Crippen LogP contribution >= 0.6 is 0 Å². The maximum absolute atomic E-state index is 5.65. The van der Waals surface area contributed by atoms with E-state index in [1.165, 1.54) is 109 Å². The van der Waals surface area contributed by atoms with Crippen molar-refractivity contribution in [2.45, 2.75) is 52.0 Å². The van der Waals surface area contributed by atoms with Gasteiger partial charge in [-0.3, -0.25) is 9.13 Å². The predicted molar refractivity (Wildman–Crippen MR) is 254 cm³/mol. The summed E-state index contributed by atoms with van der Waals surface area (Å²) in [5.41, 5.74) is 10.8. The SMILES string of the molecule is CCCCCCCCn1c2ccccc2c2cc3c(cc21)c1ccccc1n3-c1cccc(-n2c3ccccc3c3ccc4c5ccccc5n(-c5ccccc5)c4c32)n1. The molecule has 0 aliphatic rings. The van der Waals surface area contributed by atoms with Crippen molar-refractivity contribution in [3.8, 4) is 17.3 Å². The second kappa shape index (κ2) is 14.0. The molecule has 7 aromatic carbocycles. The lowest BCUT2D eigenvalue weighted by atomic mass is 10.1. The van der Waals surface area contributed by atoms with Gasteiger partial charge < -0.3 is 9.13 Å². The van der Waals surface area contributed by atoms with E-state index < -0.39 is 0 Å². The van der Waals surface area contributed by atoms with Gasteiger partial charge in [-0.05, 0) is 67.1 Å². The van der Waals surface area contributed by atoms with Crippen LogP contribution in [0, 0.1) is 0 Å². The Hall–Kier alpha value is -7.11. The number of hydrogen-bond donors (Lipinski definition) is 0. The average molecular weight is 776 g/mol. The highest BCUT2D eigenvalue weighted by molar-refractivity contribution is 6.24. The lowest BCUT2D eigenvalue weighted by Crippen LogP contribution is -2.04. The van der Waals surface area contributed by atoms with E-state index in [4.69, 9.17) is 4.98 Å². The summed E-state index contributed by atoms with van der Waals surface area (Å²) in [5.74, 6) is 1.79. The summed E-state index contributed by atoms with van der Waals surface area (Å²) in [7, 11) is 0. The molecule has 0 amide bonds. The summed E-state index contributed by atoms with van der Waals surface area (Å²) in [4.78, 5) is 5.65. The van der Waals surface area contributed by atoms with Crippen molar-refractivity contribution in [3.05, 3.63) is 170 Å². The van der Waals surface area contributed by atoms with Gasteiger partial charge in [0.15, 0.2) is 0 Å². The van der Waals surface area contributed by atoms with Crippen molar-refractivity contribution < 1.29 is 0 Å². The van der Waals surface area contributed by atoms with Gasteiger partial charge in [0.1, 0.15) is 11.6 Å². The van der Waals surface area contributed by atoms with Crippen LogP contribution in [0.4, 0.5) is 0 Å². The number of fused-ring (bicyclic) bond motifs is 13. The average Bonchev–Trinajstić information content (AvgIpc) is 4.02. The van der Waals surface area contributed by atoms with Crippen LogP contribution in [0.1, 0.15) is 45.4 Å². The molecule has 5 heterocycles. The van der Waals surface area contributed by atoms with E-state index in [1.807, 2.05) is 0 Å². The van der Waals surface area contributed by atoms with Gasteiger partial charge in [-0.2, -0.15) is 0 Å². The van der Waals surface area contributed by atoms with Gasteiger partial charge in [0, 0.05) is 66.4 Å².